The lowest BCUT2D eigenvalue weighted by molar-refractivity contribution is -0.138. The van der Waals surface area contributed by atoms with Crippen LogP contribution in [-0.2, 0) is 16.1 Å². The minimum Gasteiger partial charge on any atom is -0.495 e. The third kappa shape index (κ3) is 3.61. The number of hydrogen-bond donors (Lipinski definition) is 0. The Kier molecular flexibility index (Phi) is 5.05. The third-order valence-corrected chi connectivity index (χ3v) is 3.58. The lowest BCUT2D eigenvalue weighted by atomic mass is 10.1. The highest BCUT2D eigenvalue weighted by molar-refractivity contribution is 6.32. The van der Waals surface area contributed by atoms with Crippen LogP contribution in [0.2, 0.25) is 5.02 Å². The maximum absolute atomic E-state index is 10.9. The zero-order chi connectivity index (χ0) is 13.7. The number of carbonyl (C=O) groups is 1. The van der Waals surface area contributed by atoms with Crippen LogP contribution in [0.15, 0.2) is 18.2 Å². The van der Waals surface area contributed by atoms with E-state index >= 15 is 0 Å². The average molecular weight is 284 g/mol. The Bertz CT molecular complexity index is 439. The molecule has 1 atom stereocenters. The highest BCUT2D eigenvalue weighted by Crippen LogP contribution is 2.26. The normalized spacial score (nSPS) is 19.3. The molecule has 4 nitrogen and oxygen atoms in total. The molecule has 0 radical (unpaired) electrons. The summed E-state index contributed by atoms with van der Waals surface area (Å²) in [4.78, 5) is 12.6. The Morgan fingerprint density at radius 1 is 1.47 bits per heavy atom. The van der Waals surface area contributed by atoms with E-state index in [1.807, 2.05) is 18.2 Å². The van der Waals surface area contributed by atoms with Crippen LogP contribution in [-0.4, -0.2) is 31.2 Å². The van der Waals surface area contributed by atoms with E-state index in [2.05, 4.69) is 0 Å². The summed E-state index contributed by atoms with van der Waals surface area (Å²) in [5.41, 5.74) is 0.974. The van der Waals surface area contributed by atoms with Crippen molar-refractivity contribution in [2.75, 3.05) is 13.7 Å². The molecule has 1 aromatic carbocycles. The summed E-state index contributed by atoms with van der Waals surface area (Å²) in [6.45, 7) is 1.22. The van der Waals surface area contributed by atoms with Gasteiger partial charge >= 0.3 is 0 Å². The topological polar surface area (TPSA) is 38.8 Å². The number of hydrogen-bond acceptors (Lipinski definition) is 3. The molecular weight excluding hydrogens is 266 g/mol. The fourth-order valence-corrected chi connectivity index (χ4v) is 2.50. The summed E-state index contributed by atoms with van der Waals surface area (Å²) in [6.07, 6.45) is 3.78. The molecule has 1 amide bonds. The van der Waals surface area contributed by atoms with Gasteiger partial charge in [0.05, 0.1) is 18.7 Å². The Balaban J connectivity index is 1.94. The maximum atomic E-state index is 10.9. The fourth-order valence-electron chi connectivity index (χ4n) is 2.21. The summed E-state index contributed by atoms with van der Waals surface area (Å²) in [5, 5.41) is 0.569. The molecule has 0 N–H and O–H groups in total. The quantitative estimate of drug-likeness (QED) is 0.780. The van der Waals surface area contributed by atoms with Gasteiger partial charge < -0.3 is 14.4 Å². The largest absolute Gasteiger partial charge is 0.495 e. The second-order valence-electron chi connectivity index (χ2n) is 4.57. The maximum Gasteiger partial charge on any atom is 0.211 e. The molecule has 0 spiro atoms. The first-order chi connectivity index (χ1) is 9.24. The van der Waals surface area contributed by atoms with Crippen molar-refractivity contribution in [1.29, 1.82) is 0 Å². The van der Waals surface area contributed by atoms with E-state index in [1.54, 1.807) is 12.0 Å². The van der Waals surface area contributed by atoms with Crippen molar-refractivity contribution in [3.8, 4) is 5.75 Å². The number of amides is 1. The van der Waals surface area contributed by atoms with Crippen molar-refractivity contribution < 1.29 is 14.3 Å². The molecule has 5 heteroatoms. The predicted molar refractivity (Wildman–Crippen MR) is 73.2 cm³/mol. The van der Waals surface area contributed by atoms with Crippen LogP contribution in [0.1, 0.15) is 24.8 Å². The van der Waals surface area contributed by atoms with Crippen molar-refractivity contribution in [2.45, 2.75) is 32.1 Å². The lowest BCUT2D eigenvalue weighted by Gasteiger charge is -2.32. The summed E-state index contributed by atoms with van der Waals surface area (Å²) in [6, 6.07) is 5.56. The smallest absolute Gasteiger partial charge is 0.211 e. The molecule has 1 aliphatic heterocycles. The summed E-state index contributed by atoms with van der Waals surface area (Å²) in [7, 11) is 1.58. The Morgan fingerprint density at radius 2 is 2.32 bits per heavy atom. The van der Waals surface area contributed by atoms with E-state index in [-0.39, 0.29) is 6.23 Å². The number of carbonyl (C=O) groups excluding carboxylic acids is 1. The number of methoxy groups -OCH3 is 1. The molecule has 1 unspecified atom stereocenters. The molecule has 1 fully saturated rings. The number of halogens is 1. The van der Waals surface area contributed by atoms with Crippen LogP contribution in [0.3, 0.4) is 0 Å². The van der Waals surface area contributed by atoms with Gasteiger partial charge in [-0.15, -0.1) is 0 Å². The van der Waals surface area contributed by atoms with Crippen LogP contribution in [0, 0.1) is 0 Å². The van der Waals surface area contributed by atoms with Crippen molar-refractivity contribution in [3.05, 3.63) is 28.8 Å². The summed E-state index contributed by atoms with van der Waals surface area (Å²) < 4.78 is 10.9. The second kappa shape index (κ2) is 6.78. The molecule has 2 rings (SSSR count). The number of ether oxygens (including phenoxy) is 2. The van der Waals surface area contributed by atoms with Gasteiger partial charge in [0.25, 0.3) is 0 Å². The predicted octanol–water partition coefficient (Wildman–Crippen LogP) is 2.83. The molecule has 0 aliphatic carbocycles. The van der Waals surface area contributed by atoms with Gasteiger partial charge in [0.1, 0.15) is 12.0 Å². The van der Waals surface area contributed by atoms with Gasteiger partial charge in [-0.05, 0) is 37.0 Å². The van der Waals surface area contributed by atoms with Crippen molar-refractivity contribution in [1.82, 2.24) is 4.90 Å². The number of rotatable bonds is 5. The number of piperidine rings is 1. The highest BCUT2D eigenvalue weighted by atomic mass is 35.5. The number of likely N-dealkylation sites (tertiary alicyclic amines) is 1. The zero-order valence-corrected chi connectivity index (χ0v) is 11.7. The molecular formula is C14H18ClNO3. The number of nitrogens with zero attached hydrogens (tertiary/aromatic N) is 1. The van der Waals surface area contributed by atoms with Gasteiger partial charge in [0.15, 0.2) is 0 Å². The summed E-state index contributed by atoms with van der Waals surface area (Å²) in [5.74, 6) is 0.651. The average Bonchev–Trinajstić information content (AvgIpc) is 2.45. The second-order valence-corrected chi connectivity index (χ2v) is 4.98. The molecule has 1 saturated heterocycles. The van der Waals surface area contributed by atoms with Crippen molar-refractivity contribution >= 4 is 18.0 Å². The van der Waals surface area contributed by atoms with Gasteiger partial charge in [-0.1, -0.05) is 17.7 Å². The first-order valence-electron chi connectivity index (χ1n) is 6.39. The molecule has 104 valence electrons. The minimum atomic E-state index is -0.118. The van der Waals surface area contributed by atoms with Gasteiger partial charge in [0, 0.05) is 6.54 Å². The van der Waals surface area contributed by atoms with Crippen LogP contribution < -0.4 is 4.74 Å². The van der Waals surface area contributed by atoms with Crippen molar-refractivity contribution in [2.24, 2.45) is 0 Å². The molecule has 1 aliphatic rings. The molecule has 0 saturated carbocycles. The van der Waals surface area contributed by atoms with E-state index in [1.165, 1.54) is 0 Å². The van der Waals surface area contributed by atoms with E-state index in [0.717, 1.165) is 37.8 Å². The zero-order valence-electron chi connectivity index (χ0n) is 11.0. The lowest BCUT2D eigenvalue weighted by Crippen LogP contribution is -2.40. The molecule has 0 aromatic heterocycles. The van der Waals surface area contributed by atoms with E-state index in [9.17, 15) is 4.79 Å². The van der Waals surface area contributed by atoms with E-state index < -0.39 is 0 Å². The van der Waals surface area contributed by atoms with Crippen LogP contribution in [0.5, 0.6) is 5.75 Å². The Hall–Kier alpha value is -1.26. The first-order valence-corrected chi connectivity index (χ1v) is 6.77. The van der Waals surface area contributed by atoms with Crippen LogP contribution in [0.4, 0.5) is 0 Å². The van der Waals surface area contributed by atoms with E-state index in [4.69, 9.17) is 21.1 Å². The number of benzene rings is 1. The molecule has 19 heavy (non-hydrogen) atoms. The SMILES string of the molecule is COc1ccc(COC2CCCCN2C=O)cc1Cl. The van der Waals surface area contributed by atoms with Crippen molar-refractivity contribution in [3.63, 3.8) is 0 Å². The summed E-state index contributed by atoms with van der Waals surface area (Å²) >= 11 is 6.06. The highest BCUT2D eigenvalue weighted by Gasteiger charge is 2.21. The Morgan fingerprint density at radius 3 is 3.00 bits per heavy atom. The standard InChI is InChI=1S/C14H18ClNO3/c1-18-13-6-5-11(8-12(13)15)9-19-14-4-2-3-7-16(14)10-17/h5-6,8,10,14H,2-4,7,9H2,1H3. The third-order valence-electron chi connectivity index (χ3n) is 3.28. The molecule has 1 aromatic rings. The molecule has 0 bridgehead atoms. The Labute approximate surface area is 118 Å². The minimum absolute atomic E-state index is 0.118. The van der Waals surface area contributed by atoms with Crippen LogP contribution in [0.25, 0.3) is 0 Å². The van der Waals surface area contributed by atoms with Gasteiger partial charge in [-0.2, -0.15) is 0 Å². The van der Waals surface area contributed by atoms with Gasteiger partial charge in [0.2, 0.25) is 6.41 Å². The van der Waals surface area contributed by atoms with E-state index in [0.29, 0.717) is 17.4 Å². The first kappa shape index (κ1) is 14.2. The monoisotopic (exact) mass is 283 g/mol. The van der Waals surface area contributed by atoms with Gasteiger partial charge in [-0.25, -0.2) is 0 Å². The molecule has 1 heterocycles. The fraction of sp³-hybridized carbons (Fsp3) is 0.500. The van der Waals surface area contributed by atoms with Gasteiger partial charge in [-0.3, -0.25) is 4.79 Å². The van der Waals surface area contributed by atoms with Crippen LogP contribution >= 0.6 is 11.6 Å².